The predicted molar refractivity (Wildman–Crippen MR) is 124 cm³/mol. The van der Waals surface area contributed by atoms with E-state index in [2.05, 4.69) is 32.1 Å². The number of carbonyl (C=O) groups excluding carboxylic acids is 1. The van der Waals surface area contributed by atoms with Crippen molar-refractivity contribution in [1.82, 2.24) is 24.5 Å². The topological polar surface area (TPSA) is 66.6 Å². The maximum absolute atomic E-state index is 12.9. The first-order valence-electron chi connectivity index (χ1n) is 10.6. The molecule has 1 fully saturated rings. The molecule has 0 unspecified atom stereocenters. The van der Waals surface area contributed by atoms with Gasteiger partial charge in [0.2, 0.25) is 0 Å². The van der Waals surface area contributed by atoms with Gasteiger partial charge in [-0.3, -0.25) is 4.79 Å². The van der Waals surface area contributed by atoms with Crippen molar-refractivity contribution in [3.8, 4) is 0 Å². The third-order valence-corrected chi connectivity index (χ3v) is 6.14. The molecule has 0 aliphatic carbocycles. The highest BCUT2D eigenvalue weighted by Crippen LogP contribution is 2.27. The Kier molecular flexibility index (Phi) is 5.49. The van der Waals surface area contributed by atoms with Gasteiger partial charge in [-0.1, -0.05) is 41.9 Å². The number of piperazine rings is 1. The van der Waals surface area contributed by atoms with Gasteiger partial charge in [-0.15, -0.1) is 0 Å². The zero-order valence-electron chi connectivity index (χ0n) is 17.8. The maximum Gasteiger partial charge on any atom is 0.254 e. The van der Waals surface area contributed by atoms with Crippen LogP contribution < -0.4 is 4.90 Å². The van der Waals surface area contributed by atoms with E-state index in [1.165, 1.54) is 11.9 Å². The van der Waals surface area contributed by atoms with Gasteiger partial charge in [-0.05, 0) is 36.8 Å². The van der Waals surface area contributed by atoms with Gasteiger partial charge in [0.1, 0.15) is 12.1 Å². The zero-order chi connectivity index (χ0) is 22.1. The minimum Gasteiger partial charge on any atom is -0.353 e. The standard InChI is InChI=1S/C24H23ClN6O/c1-17-21(15-18-5-3-2-4-6-18)22(31-24(28-17)26-16-27-31)29-11-13-30(14-12-29)23(32)19-7-9-20(25)10-8-19/h2-10,16H,11-15H2,1H3. The Balaban J connectivity index is 1.42. The largest absolute Gasteiger partial charge is 0.353 e. The molecular formula is C24H23ClN6O. The SMILES string of the molecule is Cc1nc2ncnn2c(N2CCN(C(=O)c3ccc(Cl)cc3)CC2)c1Cc1ccccc1. The molecule has 1 aliphatic rings. The van der Waals surface area contributed by atoms with Gasteiger partial charge in [-0.2, -0.15) is 14.6 Å². The van der Waals surface area contributed by atoms with Crippen LogP contribution in [0.1, 0.15) is 27.2 Å². The number of carbonyl (C=O) groups is 1. The number of nitrogens with zero attached hydrogens (tertiary/aromatic N) is 6. The van der Waals surface area contributed by atoms with Gasteiger partial charge < -0.3 is 9.80 Å². The Bertz CT molecular complexity index is 1250. The van der Waals surface area contributed by atoms with Crippen molar-refractivity contribution >= 4 is 29.1 Å². The number of hydrogen-bond donors (Lipinski definition) is 0. The fourth-order valence-corrected chi connectivity index (χ4v) is 4.32. The fourth-order valence-electron chi connectivity index (χ4n) is 4.20. The van der Waals surface area contributed by atoms with Gasteiger partial charge >= 0.3 is 0 Å². The number of halogens is 1. The second-order valence-electron chi connectivity index (χ2n) is 7.92. The van der Waals surface area contributed by atoms with Crippen molar-refractivity contribution < 1.29 is 4.79 Å². The molecule has 1 amide bonds. The van der Waals surface area contributed by atoms with Gasteiger partial charge in [0.15, 0.2) is 0 Å². The van der Waals surface area contributed by atoms with E-state index in [1.807, 2.05) is 34.5 Å². The molecule has 0 atom stereocenters. The molecule has 2 aromatic carbocycles. The lowest BCUT2D eigenvalue weighted by molar-refractivity contribution is 0.0746. The van der Waals surface area contributed by atoms with Crippen LogP contribution in [0.3, 0.4) is 0 Å². The normalized spacial score (nSPS) is 14.2. The number of aromatic nitrogens is 4. The number of benzene rings is 2. The smallest absolute Gasteiger partial charge is 0.254 e. The highest BCUT2D eigenvalue weighted by atomic mass is 35.5. The Morgan fingerprint density at radius 2 is 1.72 bits per heavy atom. The summed E-state index contributed by atoms with van der Waals surface area (Å²) in [5.74, 6) is 1.63. The lowest BCUT2D eigenvalue weighted by atomic mass is 10.0. The number of amides is 1. The molecule has 1 saturated heterocycles. The summed E-state index contributed by atoms with van der Waals surface area (Å²) < 4.78 is 1.82. The van der Waals surface area contributed by atoms with Crippen LogP contribution in [0.5, 0.6) is 0 Å². The molecule has 4 aromatic rings. The molecule has 3 heterocycles. The molecule has 32 heavy (non-hydrogen) atoms. The Morgan fingerprint density at radius 3 is 2.44 bits per heavy atom. The van der Waals surface area contributed by atoms with Crippen LogP contribution >= 0.6 is 11.6 Å². The maximum atomic E-state index is 12.9. The first-order valence-corrected chi connectivity index (χ1v) is 11.0. The minimum atomic E-state index is 0.0302. The van der Waals surface area contributed by atoms with Crippen molar-refractivity contribution in [2.45, 2.75) is 13.3 Å². The molecule has 5 rings (SSSR count). The summed E-state index contributed by atoms with van der Waals surface area (Å²) in [5, 5.41) is 5.08. The monoisotopic (exact) mass is 446 g/mol. The fraction of sp³-hybridized carbons (Fsp3) is 0.250. The van der Waals surface area contributed by atoms with Crippen molar-refractivity contribution in [2.24, 2.45) is 0 Å². The quantitative estimate of drug-likeness (QED) is 0.479. The number of rotatable bonds is 4. The van der Waals surface area contributed by atoms with Crippen molar-refractivity contribution in [3.05, 3.63) is 88.3 Å². The summed E-state index contributed by atoms with van der Waals surface area (Å²) in [6.07, 6.45) is 2.30. The van der Waals surface area contributed by atoms with E-state index in [0.29, 0.717) is 42.5 Å². The molecule has 0 radical (unpaired) electrons. The van der Waals surface area contributed by atoms with Gasteiger partial charge in [0, 0.05) is 54.4 Å². The van der Waals surface area contributed by atoms with E-state index in [9.17, 15) is 4.79 Å². The number of aryl methyl sites for hydroxylation is 1. The second-order valence-corrected chi connectivity index (χ2v) is 8.36. The van der Waals surface area contributed by atoms with E-state index in [0.717, 1.165) is 23.5 Å². The molecule has 1 aliphatic heterocycles. The molecule has 8 heteroatoms. The number of anilines is 1. The predicted octanol–water partition coefficient (Wildman–Crippen LogP) is 3.64. The van der Waals surface area contributed by atoms with Crippen molar-refractivity contribution in [3.63, 3.8) is 0 Å². The zero-order valence-corrected chi connectivity index (χ0v) is 18.5. The molecule has 0 spiro atoms. The summed E-state index contributed by atoms with van der Waals surface area (Å²) in [6, 6.07) is 17.4. The minimum absolute atomic E-state index is 0.0302. The average Bonchev–Trinajstić information content (AvgIpc) is 3.28. The first kappa shape index (κ1) is 20.5. The number of hydrogen-bond acceptors (Lipinski definition) is 5. The summed E-state index contributed by atoms with van der Waals surface area (Å²) >= 11 is 5.96. The van der Waals surface area contributed by atoms with Crippen LogP contribution in [0.15, 0.2) is 60.9 Å². The van der Waals surface area contributed by atoms with Gasteiger partial charge in [0.25, 0.3) is 11.7 Å². The highest BCUT2D eigenvalue weighted by Gasteiger charge is 2.26. The third-order valence-electron chi connectivity index (χ3n) is 5.89. The van der Waals surface area contributed by atoms with Crippen molar-refractivity contribution in [2.75, 3.05) is 31.1 Å². The summed E-state index contributed by atoms with van der Waals surface area (Å²) in [4.78, 5) is 26.1. The van der Waals surface area contributed by atoms with E-state index in [1.54, 1.807) is 24.3 Å². The van der Waals surface area contributed by atoms with Crippen LogP contribution in [0.2, 0.25) is 5.02 Å². The van der Waals surface area contributed by atoms with E-state index >= 15 is 0 Å². The summed E-state index contributed by atoms with van der Waals surface area (Å²) in [7, 11) is 0. The van der Waals surface area contributed by atoms with E-state index in [4.69, 9.17) is 11.6 Å². The van der Waals surface area contributed by atoms with Crippen LogP contribution in [0.25, 0.3) is 5.78 Å². The highest BCUT2D eigenvalue weighted by molar-refractivity contribution is 6.30. The Morgan fingerprint density at radius 1 is 1.00 bits per heavy atom. The van der Waals surface area contributed by atoms with Gasteiger partial charge in [-0.25, -0.2) is 4.98 Å². The molecule has 0 bridgehead atoms. The average molecular weight is 447 g/mol. The lowest BCUT2D eigenvalue weighted by Gasteiger charge is -2.37. The number of fused-ring (bicyclic) bond motifs is 1. The van der Waals surface area contributed by atoms with E-state index < -0.39 is 0 Å². The van der Waals surface area contributed by atoms with Crippen LogP contribution in [0.4, 0.5) is 5.82 Å². The second kappa shape index (κ2) is 8.59. The molecule has 162 valence electrons. The molecule has 2 aromatic heterocycles. The van der Waals surface area contributed by atoms with Crippen LogP contribution in [-0.2, 0) is 6.42 Å². The Hall–Kier alpha value is -3.45. The van der Waals surface area contributed by atoms with Crippen molar-refractivity contribution in [1.29, 1.82) is 0 Å². The van der Waals surface area contributed by atoms with Gasteiger partial charge in [0.05, 0.1) is 0 Å². The summed E-state index contributed by atoms with van der Waals surface area (Å²) in [6.45, 7) is 4.70. The molecule has 7 nitrogen and oxygen atoms in total. The Labute approximate surface area is 191 Å². The molecule has 0 saturated carbocycles. The first-order chi connectivity index (χ1) is 15.6. The lowest BCUT2D eigenvalue weighted by Crippen LogP contribution is -2.49. The molecular weight excluding hydrogens is 424 g/mol. The van der Waals surface area contributed by atoms with E-state index in [-0.39, 0.29) is 5.91 Å². The van der Waals surface area contributed by atoms with Crippen LogP contribution in [-0.4, -0.2) is 56.6 Å². The van der Waals surface area contributed by atoms with Crippen LogP contribution in [0, 0.1) is 6.92 Å². The third kappa shape index (κ3) is 3.91. The molecule has 0 N–H and O–H groups in total. The summed E-state index contributed by atoms with van der Waals surface area (Å²) in [5.41, 5.74) is 3.96.